The van der Waals surface area contributed by atoms with E-state index in [1.165, 1.54) is 25.1 Å². The van der Waals surface area contributed by atoms with Crippen LogP contribution in [0.4, 0.5) is 0 Å². The predicted molar refractivity (Wildman–Crippen MR) is 44.2 cm³/mol. The van der Waals surface area contributed by atoms with Gasteiger partial charge in [0.05, 0.1) is 4.90 Å². The Morgan fingerprint density at radius 2 is 1.92 bits per heavy atom. The fourth-order valence-electron chi connectivity index (χ4n) is 0.893. The van der Waals surface area contributed by atoms with E-state index in [1.807, 2.05) is 0 Å². The van der Waals surface area contributed by atoms with Gasteiger partial charge in [-0.2, -0.15) is 0 Å². The third kappa shape index (κ3) is 3.58. The van der Waals surface area contributed by atoms with Gasteiger partial charge in [0.2, 0.25) is 0 Å². The summed E-state index contributed by atoms with van der Waals surface area (Å²) in [5.41, 5.74) is 0.373. The molecule has 0 amide bonds. The van der Waals surface area contributed by atoms with Crippen LogP contribution in [0.15, 0.2) is 23.1 Å². The zero-order chi connectivity index (χ0) is 9.35. The molecule has 0 bridgehead atoms. The van der Waals surface area contributed by atoms with Gasteiger partial charge in [-0.1, -0.05) is 11.6 Å². The Labute approximate surface area is 104 Å². The number of rotatable bonds is 1. The van der Waals surface area contributed by atoms with E-state index in [-0.39, 0.29) is 34.5 Å². The number of aryl methyl sites for hydroxylation is 1. The minimum Gasteiger partial charge on any atom is -0.744 e. The second kappa shape index (κ2) is 4.77. The van der Waals surface area contributed by atoms with E-state index in [0.29, 0.717) is 10.6 Å². The average Bonchev–Trinajstić information content (AvgIpc) is 1.83. The average molecular weight is 229 g/mol. The minimum absolute atomic E-state index is 0. The van der Waals surface area contributed by atoms with Crippen LogP contribution in [-0.4, -0.2) is 13.0 Å². The standard InChI is InChI=1S/C7H7ClO3S.Na/c1-5-4-6(8)2-3-7(5)12(9,10)11;/h2-4H,1H3,(H,9,10,11);/q;+1/p-1. The van der Waals surface area contributed by atoms with Gasteiger partial charge in [-0.3, -0.25) is 0 Å². The second-order valence-electron chi connectivity index (χ2n) is 2.36. The molecule has 0 aliphatic carbocycles. The minimum atomic E-state index is -4.36. The smallest absolute Gasteiger partial charge is 0.744 e. The summed E-state index contributed by atoms with van der Waals surface area (Å²) < 4.78 is 31.7. The zero-order valence-corrected chi connectivity index (χ0v) is 10.8. The van der Waals surface area contributed by atoms with Gasteiger partial charge in [-0.05, 0) is 30.7 Å². The molecular formula is C7H6ClNaO3S. The van der Waals surface area contributed by atoms with Crippen LogP contribution in [0.25, 0.3) is 0 Å². The summed E-state index contributed by atoms with van der Waals surface area (Å²) in [6.45, 7) is 1.52. The first-order valence-electron chi connectivity index (χ1n) is 3.13. The quantitative estimate of drug-likeness (QED) is 0.437. The van der Waals surface area contributed by atoms with Crippen molar-refractivity contribution in [1.82, 2.24) is 0 Å². The van der Waals surface area contributed by atoms with Crippen molar-refractivity contribution in [3.63, 3.8) is 0 Å². The summed E-state index contributed by atoms with van der Waals surface area (Å²) in [6, 6.07) is 4.02. The monoisotopic (exact) mass is 228 g/mol. The van der Waals surface area contributed by atoms with Gasteiger partial charge in [-0.15, -0.1) is 0 Å². The molecule has 0 aliphatic heterocycles. The van der Waals surface area contributed by atoms with Gasteiger partial charge < -0.3 is 4.55 Å². The van der Waals surface area contributed by atoms with E-state index >= 15 is 0 Å². The maximum Gasteiger partial charge on any atom is 1.00 e. The number of benzene rings is 1. The van der Waals surface area contributed by atoms with Crippen LogP contribution in [0.3, 0.4) is 0 Å². The molecule has 3 nitrogen and oxygen atoms in total. The van der Waals surface area contributed by atoms with E-state index < -0.39 is 10.1 Å². The maximum atomic E-state index is 10.6. The van der Waals surface area contributed by atoms with Crippen molar-refractivity contribution in [2.45, 2.75) is 11.8 Å². The molecule has 0 aliphatic rings. The summed E-state index contributed by atoms with van der Waals surface area (Å²) in [5, 5.41) is 0.417. The van der Waals surface area contributed by atoms with Gasteiger partial charge in [0.15, 0.2) is 0 Å². The van der Waals surface area contributed by atoms with Crippen molar-refractivity contribution in [1.29, 1.82) is 0 Å². The molecule has 0 atom stereocenters. The second-order valence-corrected chi connectivity index (χ2v) is 4.15. The van der Waals surface area contributed by atoms with E-state index in [9.17, 15) is 13.0 Å². The summed E-state index contributed by atoms with van der Waals surface area (Å²) >= 11 is 5.57. The van der Waals surface area contributed by atoms with Gasteiger partial charge >= 0.3 is 29.6 Å². The van der Waals surface area contributed by atoms with Gasteiger partial charge in [0.1, 0.15) is 10.1 Å². The van der Waals surface area contributed by atoms with Crippen LogP contribution in [0, 0.1) is 6.92 Å². The van der Waals surface area contributed by atoms with E-state index in [4.69, 9.17) is 11.6 Å². The largest absolute Gasteiger partial charge is 1.00 e. The van der Waals surface area contributed by atoms with Crippen LogP contribution >= 0.6 is 11.6 Å². The topological polar surface area (TPSA) is 57.2 Å². The molecule has 0 heterocycles. The van der Waals surface area contributed by atoms with Crippen molar-refractivity contribution >= 4 is 21.7 Å². The molecule has 0 radical (unpaired) electrons. The van der Waals surface area contributed by atoms with E-state index in [1.54, 1.807) is 0 Å². The molecule has 0 unspecified atom stereocenters. The molecule has 1 aromatic carbocycles. The van der Waals surface area contributed by atoms with Crippen molar-refractivity contribution < 1.29 is 42.5 Å². The molecule has 66 valence electrons. The van der Waals surface area contributed by atoms with E-state index in [2.05, 4.69) is 0 Å². The first-order chi connectivity index (χ1) is 5.41. The molecule has 0 N–H and O–H groups in total. The first kappa shape index (κ1) is 13.4. The van der Waals surface area contributed by atoms with E-state index in [0.717, 1.165) is 0 Å². The molecule has 0 saturated carbocycles. The van der Waals surface area contributed by atoms with Gasteiger partial charge in [0, 0.05) is 5.02 Å². The normalized spacial score (nSPS) is 10.7. The van der Waals surface area contributed by atoms with Crippen LogP contribution in [0.2, 0.25) is 5.02 Å². The Morgan fingerprint density at radius 3 is 2.31 bits per heavy atom. The molecule has 6 heteroatoms. The molecule has 0 fully saturated rings. The van der Waals surface area contributed by atoms with Crippen LogP contribution < -0.4 is 29.6 Å². The van der Waals surface area contributed by atoms with Crippen LogP contribution in [0.5, 0.6) is 0 Å². The molecule has 13 heavy (non-hydrogen) atoms. The SMILES string of the molecule is Cc1cc(Cl)ccc1S(=O)(=O)[O-].[Na+]. The number of hydrogen-bond acceptors (Lipinski definition) is 3. The Balaban J connectivity index is 0.00000144. The molecule has 0 aromatic heterocycles. The van der Waals surface area contributed by atoms with Gasteiger partial charge in [-0.25, -0.2) is 8.42 Å². The summed E-state index contributed by atoms with van der Waals surface area (Å²) in [7, 11) is -4.36. The molecule has 0 saturated heterocycles. The zero-order valence-electron chi connectivity index (χ0n) is 7.24. The third-order valence-corrected chi connectivity index (χ3v) is 2.64. The number of halogens is 1. The molecular weight excluding hydrogens is 223 g/mol. The van der Waals surface area contributed by atoms with Crippen LogP contribution in [-0.2, 0) is 10.1 Å². The Morgan fingerprint density at radius 1 is 1.38 bits per heavy atom. The summed E-state index contributed by atoms with van der Waals surface area (Å²) in [5.74, 6) is 0. The maximum absolute atomic E-state index is 10.6. The molecule has 1 rings (SSSR count). The van der Waals surface area contributed by atoms with Crippen LogP contribution in [0.1, 0.15) is 5.56 Å². The predicted octanol–water partition coefficient (Wildman–Crippen LogP) is -1.44. The first-order valence-corrected chi connectivity index (χ1v) is 4.92. The van der Waals surface area contributed by atoms with Crippen molar-refractivity contribution in [2.75, 3.05) is 0 Å². The van der Waals surface area contributed by atoms with Gasteiger partial charge in [0.25, 0.3) is 0 Å². The fraction of sp³-hybridized carbons (Fsp3) is 0.143. The fourth-order valence-corrected chi connectivity index (χ4v) is 1.81. The summed E-state index contributed by atoms with van der Waals surface area (Å²) in [4.78, 5) is -0.216. The van der Waals surface area contributed by atoms with Crippen molar-refractivity contribution in [2.24, 2.45) is 0 Å². The Kier molecular flexibility index (Phi) is 4.93. The summed E-state index contributed by atoms with van der Waals surface area (Å²) in [6.07, 6.45) is 0. The van der Waals surface area contributed by atoms with Crippen molar-refractivity contribution in [3.8, 4) is 0 Å². The molecule has 1 aromatic rings. The Bertz CT molecular complexity index is 402. The number of hydrogen-bond donors (Lipinski definition) is 0. The molecule has 0 spiro atoms. The third-order valence-electron chi connectivity index (χ3n) is 1.41. The Hall–Kier alpha value is 0.420. The van der Waals surface area contributed by atoms with Crippen molar-refractivity contribution in [3.05, 3.63) is 28.8 Å².